The van der Waals surface area contributed by atoms with Crippen molar-refractivity contribution >= 4 is 34.5 Å². The van der Waals surface area contributed by atoms with Gasteiger partial charge in [-0.3, -0.25) is 9.36 Å². The third-order valence-electron chi connectivity index (χ3n) is 8.35. The molecule has 0 bridgehead atoms. The van der Waals surface area contributed by atoms with Gasteiger partial charge in [0.1, 0.15) is 11.3 Å². The normalized spacial score (nSPS) is 11.8. The van der Waals surface area contributed by atoms with Crippen molar-refractivity contribution in [3.8, 4) is 11.1 Å². The summed E-state index contributed by atoms with van der Waals surface area (Å²) in [6.07, 6.45) is 7.75. The number of amides is 2. The van der Waals surface area contributed by atoms with Gasteiger partial charge in [-0.05, 0) is 71.8 Å². The number of hydrogen-bond donors (Lipinski definition) is 2. The number of carbonyl (C=O) groups excluding carboxylic acids is 1. The van der Waals surface area contributed by atoms with Crippen molar-refractivity contribution in [1.82, 2.24) is 14.5 Å². The van der Waals surface area contributed by atoms with E-state index in [-0.39, 0.29) is 23.1 Å². The number of hydrogen-bond acceptors (Lipinski definition) is 4. The van der Waals surface area contributed by atoms with E-state index in [1.807, 2.05) is 30.3 Å². The molecule has 238 valence electrons. The number of urea groups is 1. The van der Waals surface area contributed by atoms with Crippen LogP contribution in [0.5, 0.6) is 0 Å². The lowest BCUT2D eigenvalue weighted by atomic mass is 9.93. The summed E-state index contributed by atoms with van der Waals surface area (Å²) in [7, 11) is 0. The van der Waals surface area contributed by atoms with Crippen molar-refractivity contribution in [2.24, 2.45) is 0 Å². The minimum Gasteiger partial charge on any atom is -0.307 e. The lowest BCUT2D eigenvalue weighted by Gasteiger charge is -2.22. The highest BCUT2D eigenvalue weighted by Crippen LogP contribution is 2.35. The van der Waals surface area contributed by atoms with Gasteiger partial charge in [0.15, 0.2) is 0 Å². The van der Waals surface area contributed by atoms with Crippen molar-refractivity contribution < 1.29 is 4.79 Å². The average molecular weight is 608 g/mol. The second-order valence-corrected chi connectivity index (χ2v) is 12.1. The van der Waals surface area contributed by atoms with E-state index in [2.05, 4.69) is 105 Å². The molecular formula is C38H49N5O2. The Morgan fingerprint density at radius 3 is 2.22 bits per heavy atom. The van der Waals surface area contributed by atoms with E-state index >= 15 is 0 Å². The van der Waals surface area contributed by atoms with Gasteiger partial charge >= 0.3 is 6.03 Å². The molecule has 0 saturated heterocycles. The Morgan fingerprint density at radius 1 is 0.911 bits per heavy atom. The Bertz CT molecular complexity index is 1670. The molecule has 0 aliphatic carbocycles. The number of para-hydroxylation sites is 1. The molecule has 2 N–H and O–H groups in total. The molecule has 2 amide bonds. The van der Waals surface area contributed by atoms with E-state index in [1.54, 1.807) is 10.8 Å². The van der Waals surface area contributed by atoms with E-state index in [0.29, 0.717) is 17.8 Å². The van der Waals surface area contributed by atoms with Gasteiger partial charge in [0.2, 0.25) is 0 Å². The summed E-state index contributed by atoms with van der Waals surface area (Å²) < 4.78 is 1.70. The van der Waals surface area contributed by atoms with Gasteiger partial charge < -0.3 is 15.5 Å². The van der Waals surface area contributed by atoms with Crippen molar-refractivity contribution in [2.75, 3.05) is 30.3 Å². The molecule has 4 aromatic rings. The molecule has 0 aliphatic heterocycles. The number of rotatable bonds is 13. The number of anilines is 2. The molecule has 0 radical (unpaired) electrons. The summed E-state index contributed by atoms with van der Waals surface area (Å²) in [6.45, 7) is 18.3. The van der Waals surface area contributed by atoms with Crippen LogP contribution in [-0.4, -0.2) is 40.1 Å². The molecule has 0 aliphatic rings. The standard InChI is InChI=1S/C38H49N5O2/c1-8-11-24-43-36-32(21-14-22-39-36)33(29-18-12-16-28(25-29)17-15-23-42(9-2)10-3)35(37(43)44)41-38(45)40-34-30(26(4)5)19-13-20-31(34)27(6)7/h12-22,25-27H,8-11,23-24H2,1-7H3,(H2,40,41,45). The highest BCUT2D eigenvalue weighted by molar-refractivity contribution is 6.08. The lowest BCUT2D eigenvalue weighted by Crippen LogP contribution is -2.30. The summed E-state index contributed by atoms with van der Waals surface area (Å²) in [5.74, 6) is 0.426. The molecular weight excluding hydrogens is 558 g/mol. The van der Waals surface area contributed by atoms with E-state index in [9.17, 15) is 9.59 Å². The van der Waals surface area contributed by atoms with Gasteiger partial charge in [-0.1, -0.05) is 103 Å². The quantitative estimate of drug-likeness (QED) is 0.159. The van der Waals surface area contributed by atoms with E-state index in [4.69, 9.17) is 0 Å². The van der Waals surface area contributed by atoms with Crippen LogP contribution in [0.1, 0.15) is 89.8 Å². The van der Waals surface area contributed by atoms with Gasteiger partial charge in [0.25, 0.3) is 5.56 Å². The molecule has 45 heavy (non-hydrogen) atoms. The van der Waals surface area contributed by atoms with Gasteiger partial charge in [-0.2, -0.15) is 0 Å². The van der Waals surface area contributed by atoms with Crippen molar-refractivity contribution in [3.05, 3.63) is 93.9 Å². The zero-order chi connectivity index (χ0) is 32.5. The Morgan fingerprint density at radius 2 is 1.58 bits per heavy atom. The number of aromatic nitrogens is 2. The predicted octanol–water partition coefficient (Wildman–Crippen LogP) is 9.11. The first kappa shape index (κ1) is 33.7. The zero-order valence-electron chi connectivity index (χ0n) is 28.0. The summed E-state index contributed by atoms with van der Waals surface area (Å²) >= 11 is 0. The smallest absolute Gasteiger partial charge is 0.307 e. The number of nitrogens with zero attached hydrogens (tertiary/aromatic N) is 3. The number of nitrogens with one attached hydrogen (secondary N) is 2. The molecule has 0 atom stereocenters. The Balaban J connectivity index is 1.85. The third-order valence-corrected chi connectivity index (χ3v) is 8.35. The van der Waals surface area contributed by atoms with Gasteiger partial charge in [0.05, 0.1) is 0 Å². The first-order chi connectivity index (χ1) is 21.7. The van der Waals surface area contributed by atoms with E-state index in [1.165, 1.54) is 0 Å². The van der Waals surface area contributed by atoms with Gasteiger partial charge in [0, 0.05) is 35.9 Å². The third kappa shape index (κ3) is 7.90. The number of fused-ring (bicyclic) bond motifs is 1. The molecule has 0 saturated carbocycles. The van der Waals surface area contributed by atoms with Gasteiger partial charge in [-0.25, -0.2) is 9.78 Å². The number of carbonyl (C=O) groups is 1. The largest absolute Gasteiger partial charge is 0.323 e. The minimum atomic E-state index is -0.441. The van der Waals surface area contributed by atoms with Crippen LogP contribution in [0.15, 0.2) is 71.7 Å². The molecule has 7 nitrogen and oxygen atoms in total. The molecule has 0 fully saturated rings. The fraction of sp³-hybridized carbons (Fsp3) is 0.395. The van der Waals surface area contributed by atoms with Crippen molar-refractivity contribution in [3.63, 3.8) is 0 Å². The molecule has 2 aromatic carbocycles. The monoisotopic (exact) mass is 607 g/mol. The van der Waals surface area contributed by atoms with Crippen LogP contribution in [0.3, 0.4) is 0 Å². The Labute approximate surface area is 268 Å². The molecule has 2 heterocycles. The minimum absolute atomic E-state index is 0.213. The number of benzene rings is 2. The summed E-state index contributed by atoms with van der Waals surface area (Å²) in [4.78, 5) is 35.1. The molecule has 7 heteroatoms. The zero-order valence-corrected chi connectivity index (χ0v) is 28.0. The van der Waals surface area contributed by atoms with E-state index < -0.39 is 6.03 Å². The predicted molar refractivity (Wildman–Crippen MR) is 190 cm³/mol. The Kier molecular flexibility index (Phi) is 11.7. The maximum atomic E-state index is 14.3. The van der Waals surface area contributed by atoms with Gasteiger partial charge in [-0.15, -0.1) is 0 Å². The molecule has 0 unspecified atom stereocenters. The fourth-order valence-corrected chi connectivity index (χ4v) is 5.79. The van der Waals surface area contributed by atoms with Crippen LogP contribution in [0.25, 0.3) is 28.2 Å². The van der Waals surface area contributed by atoms with Crippen LogP contribution < -0.4 is 16.2 Å². The summed E-state index contributed by atoms with van der Waals surface area (Å²) in [6, 6.07) is 17.7. The number of pyridine rings is 2. The van der Waals surface area contributed by atoms with Crippen LogP contribution in [-0.2, 0) is 6.54 Å². The van der Waals surface area contributed by atoms with Crippen LogP contribution >= 0.6 is 0 Å². The maximum Gasteiger partial charge on any atom is 0.323 e. The highest BCUT2D eigenvalue weighted by Gasteiger charge is 2.22. The second kappa shape index (κ2) is 15.7. The first-order valence-electron chi connectivity index (χ1n) is 16.4. The average Bonchev–Trinajstić information content (AvgIpc) is 3.03. The lowest BCUT2D eigenvalue weighted by molar-refractivity contribution is 0.262. The summed E-state index contributed by atoms with van der Waals surface area (Å²) in [5.41, 5.74) is 6.07. The van der Waals surface area contributed by atoms with Crippen LogP contribution in [0.4, 0.5) is 16.2 Å². The second-order valence-electron chi connectivity index (χ2n) is 12.1. The van der Waals surface area contributed by atoms with Crippen LogP contribution in [0.2, 0.25) is 0 Å². The fourth-order valence-electron chi connectivity index (χ4n) is 5.79. The highest BCUT2D eigenvalue weighted by atomic mass is 16.2. The molecule has 0 spiro atoms. The molecule has 2 aromatic heterocycles. The molecule has 4 rings (SSSR count). The maximum absolute atomic E-state index is 14.3. The van der Waals surface area contributed by atoms with E-state index in [0.717, 1.165) is 65.8 Å². The summed E-state index contributed by atoms with van der Waals surface area (Å²) in [5, 5.41) is 6.98. The Hall–Kier alpha value is -4.23. The van der Waals surface area contributed by atoms with Crippen molar-refractivity contribution in [2.45, 2.75) is 79.7 Å². The van der Waals surface area contributed by atoms with Crippen LogP contribution in [0, 0.1) is 0 Å². The number of likely N-dealkylation sites (N-methyl/N-ethyl adjacent to an activating group) is 1. The first-order valence-corrected chi connectivity index (χ1v) is 16.4. The number of unbranched alkanes of at least 4 members (excludes halogenated alkanes) is 1. The number of aryl methyl sites for hydroxylation is 1. The SMILES string of the molecule is CCCCn1c(=O)c(NC(=O)Nc2c(C(C)C)cccc2C(C)C)c(-c2cccc(C=CCN(CC)CC)c2)c2cccnc21. The topological polar surface area (TPSA) is 79.3 Å². The van der Waals surface area contributed by atoms with Crippen molar-refractivity contribution in [1.29, 1.82) is 0 Å².